The molecule has 3 fully saturated rings. The third kappa shape index (κ3) is 2.52. The summed E-state index contributed by atoms with van der Waals surface area (Å²) in [5.74, 6) is 0.475. The Morgan fingerprint density at radius 2 is 1.91 bits per heavy atom. The summed E-state index contributed by atoms with van der Waals surface area (Å²) in [6, 6.07) is -0.229. The van der Waals surface area contributed by atoms with E-state index in [4.69, 9.17) is 5.73 Å². The highest BCUT2D eigenvalue weighted by Gasteiger charge is 2.65. The van der Waals surface area contributed by atoms with E-state index in [0.717, 1.165) is 44.9 Å². The van der Waals surface area contributed by atoms with Crippen LogP contribution in [0.5, 0.6) is 0 Å². The highest BCUT2D eigenvalue weighted by atomic mass is 32.2. The monoisotopic (exact) mass is 330 g/mol. The predicted molar refractivity (Wildman–Crippen MR) is 86.7 cm³/mol. The summed E-state index contributed by atoms with van der Waals surface area (Å²) >= 11 is 0. The van der Waals surface area contributed by atoms with Crippen molar-refractivity contribution < 1.29 is 13.5 Å². The Bertz CT molecular complexity index is 534. The minimum absolute atomic E-state index is 0.0356. The molecule has 0 aromatic rings. The van der Waals surface area contributed by atoms with Crippen LogP contribution >= 0.6 is 0 Å². The maximum atomic E-state index is 12.7. The van der Waals surface area contributed by atoms with Crippen molar-refractivity contribution in [2.45, 2.75) is 77.0 Å². The van der Waals surface area contributed by atoms with E-state index in [9.17, 15) is 13.5 Å². The van der Waals surface area contributed by atoms with Crippen LogP contribution in [0.3, 0.4) is 0 Å². The molecule has 3 aliphatic rings. The lowest BCUT2D eigenvalue weighted by molar-refractivity contribution is 0.0151. The zero-order chi connectivity index (χ0) is 16.2. The summed E-state index contributed by atoms with van der Waals surface area (Å²) in [5.41, 5.74) is 5.46. The SMILES string of the molecule is CC1(C)[C@@H]2CC[C@@]1(CS(=O)(=O)N[C@@H]1CCCC[C@H]1N)[C@H](O)C2. The van der Waals surface area contributed by atoms with E-state index in [2.05, 4.69) is 18.6 Å². The smallest absolute Gasteiger partial charge is 0.212 e. The van der Waals surface area contributed by atoms with Crippen LogP contribution in [0.15, 0.2) is 0 Å². The predicted octanol–water partition coefficient (Wildman–Crippen LogP) is 1.36. The van der Waals surface area contributed by atoms with Crippen molar-refractivity contribution in [1.82, 2.24) is 4.72 Å². The normalized spacial score (nSPS) is 44.4. The van der Waals surface area contributed by atoms with Gasteiger partial charge in [0.05, 0.1) is 11.9 Å². The zero-order valence-corrected chi connectivity index (χ0v) is 14.5. The molecule has 128 valence electrons. The van der Waals surface area contributed by atoms with Gasteiger partial charge in [-0.1, -0.05) is 26.7 Å². The quantitative estimate of drug-likeness (QED) is 0.726. The van der Waals surface area contributed by atoms with E-state index in [0.29, 0.717) is 5.92 Å². The molecule has 4 N–H and O–H groups in total. The van der Waals surface area contributed by atoms with Gasteiger partial charge in [0, 0.05) is 17.5 Å². The Hall–Kier alpha value is -0.170. The molecule has 0 spiro atoms. The maximum absolute atomic E-state index is 12.7. The summed E-state index contributed by atoms with van der Waals surface area (Å²) in [4.78, 5) is 0. The Labute approximate surface area is 134 Å². The van der Waals surface area contributed by atoms with Crippen molar-refractivity contribution in [3.63, 3.8) is 0 Å². The topological polar surface area (TPSA) is 92.4 Å². The molecule has 0 unspecified atom stereocenters. The molecule has 0 aromatic heterocycles. The average Bonchev–Trinajstić information content (AvgIpc) is 2.74. The van der Waals surface area contributed by atoms with Crippen molar-refractivity contribution in [3.05, 3.63) is 0 Å². The standard InChI is InChI=1S/C16H30N2O3S/c1-15(2)11-7-8-16(15,14(19)9-11)10-22(20,21)18-13-6-4-3-5-12(13)17/h11-14,18-19H,3-10,17H2,1-2H3/t11-,12-,13-,14-,16-/m1/s1. The van der Waals surface area contributed by atoms with E-state index in [1.54, 1.807) is 0 Å². The number of aliphatic hydroxyl groups is 1. The molecule has 2 bridgehead atoms. The summed E-state index contributed by atoms with van der Waals surface area (Å²) in [6.07, 6.45) is 5.89. The Kier molecular flexibility index (Phi) is 4.12. The number of aliphatic hydroxyl groups excluding tert-OH is 1. The Morgan fingerprint density at radius 1 is 1.23 bits per heavy atom. The van der Waals surface area contributed by atoms with Crippen LogP contribution in [-0.4, -0.2) is 37.5 Å². The van der Waals surface area contributed by atoms with Gasteiger partial charge in [0.25, 0.3) is 0 Å². The summed E-state index contributed by atoms with van der Waals surface area (Å²) < 4.78 is 28.3. The lowest BCUT2D eigenvalue weighted by Gasteiger charge is -2.41. The number of rotatable bonds is 4. The molecule has 0 heterocycles. The minimum Gasteiger partial charge on any atom is -0.392 e. The molecular formula is C16H30N2O3S. The first kappa shape index (κ1) is 16.7. The fourth-order valence-electron chi connectivity index (χ4n) is 5.30. The number of hydrogen-bond donors (Lipinski definition) is 3. The van der Waals surface area contributed by atoms with E-state index < -0.39 is 21.5 Å². The number of nitrogens with two attached hydrogens (primary N) is 1. The highest BCUT2D eigenvalue weighted by Crippen LogP contribution is 2.66. The highest BCUT2D eigenvalue weighted by molar-refractivity contribution is 7.89. The summed E-state index contributed by atoms with van der Waals surface area (Å²) in [6.45, 7) is 4.26. The molecule has 0 radical (unpaired) electrons. The van der Waals surface area contributed by atoms with Gasteiger partial charge in [-0.3, -0.25) is 0 Å². The third-order valence-electron chi connectivity index (χ3n) is 6.99. The zero-order valence-electron chi connectivity index (χ0n) is 13.7. The second kappa shape index (κ2) is 5.43. The Balaban J connectivity index is 1.76. The molecule has 3 rings (SSSR count). The van der Waals surface area contributed by atoms with Crippen LogP contribution in [0.2, 0.25) is 0 Å². The van der Waals surface area contributed by atoms with Gasteiger partial charge in [-0.15, -0.1) is 0 Å². The van der Waals surface area contributed by atoms with Gasteiger partial charge in [0.2, 0.25) is 10.0 Å². The fraction of sp³-hybridized carbons (Fsp3) is 1.00. The maximum Gasteiger partial charge on any atom is 0.212 e. The number of nitrogens with one attached hydrogen (secondary N) is 1. The molecule has 5 nitrogen and oxygen atoms in total. The van der Waals surface area contributed by atoms with E-state index in [1.807, 2.05) is 0 Å². The molecular weight excluding hydrogens is 300 g/mol. The first-order chi connectivity index (χ1) is 10.2. The van der Waals surface area contributed by atoms with Gasteiger partial charge < -0.3 is 10.8 Å². The molecule has 0 amide bonds. The molecule has 22 heavy (non-hydrogen) atoms. The third-order valence-corrected chi connectivity index (χ3v) is 8.54. The first-order valence-corrected chi connectivity index (χ1v) is 10.3. The second-order valence-corrected chi connectivity index (χ2v) is 10.1. The average molecular weight is 330 g/mol. The van der Waals surface area contributed by atoms with Crippen molar-refractivity contribution in [3.8, 4) is 0 Å². The number of sulfonamides is 1. The van der Waals surface area contributed by atoms with Crippen molar-refractivity contribution in [2.24, 2.45) is 22.5 Å². The van der Waals surface area contributed by atoms with E-state index in [-0.39, 0.29) is 23.3 Å². The molecule has 5 atom stereocenters. The molecule has 3 aliphatic carbocycles. The van der Waals surface area contributed by atoms with Gasteiger partial charge in [0.1, 0.15) is 0 Å². The van der Waals surface area contributed by atoms with Crippen molar-refractivity contribution in [1.29, 1.82) is 0 Å². The summed E-state index contributed by atoms with van der Waals surface area (Å²) in [5, 5.41) is 10.5. The fourth-order valence-corrected chi connectivity index (χ4v) is 7.52. The van der Waals surface area contributed by atoms with Crippen LogP contribution in [0.4, 0.5) is 0 Å². The van der Waals surface area contributed by atoms with Crippen LogP contribution in [-0.2, 0) is 10.0 Å². The van der Waals surface area contributed by atoms with Crippen LogP contribution in [0.25, 0.3) is 0 Å². The lowest BCUT2D eigenvalue weighted by Crippen LogP contribution is -2.53. The largest absolute Gasteiger partial charge is 0.392 e. The van der Waals surface area contributed by atoms with E-state index >= 15 is 0 Å². The minimum atomic E-state index is -3.44. The van der Waals surface area contributed by atoms with E-state index in [1.165, 1.54) is 0 Å². The first-order valence-electron chi connectivity index (χ1n) is 8.62. The van der Waals surface area contributed by atoms with Crippen molar-refractivity contribution in [2.75, 3.05) is 5.75 Å². The Morgan fingerprint density at radius 3 is 2.45 bits per heavy atom. The lowest BCUT2D eigenvalue weighted by atomic mass is 9.70. The van der Waals surface area contributed by atoms with Gasteiger partial charge in [0.15, 0.2) is 0 Å². The summed E-state index contributed by atoms with van der Waals surface area (Å²) in [7, 11) is -3.44. The van der Waals surface area contributed by atoms with Gasteiger partial charge in [-0.25, -0.2) is 13.1 Å². The molecule has 0 aromatic carbocycles. The van der Waals surface area contributed by atoms with Gasteiger partial charge in [-0.05, 0) is 43.4 Å². The van der Waals surface area contributed by atoms with Gasteiger partial charge >= 0.3 is 0 Å². The number of hydrogen-bond acceptors (Lipinski definition) is 4. The molecule has 0 saturated heterocycles. The second-order valence-electron chi connectivity index (χ2n) is 8.30. The molecule has 0 aliphatic heterocycles. The van der Waals surface area contributed by atoms with Gasteiger partial charge in [-0.2, -0.15) is 0 Å². The van der Waals surface area contributed by atoms with Crippen LogP contribution in [0.1, 0.15) is 58.8 Å². The number of fused-ring (bicyclic) bond motifs is 2. The molecule has 6 heteroatoms. The molecule has 3 saturated carbocycles. The van der Waals surface area contributed by atoms with Crippen LogP contribution in [0, 0.1) is 16.7 Å². The van der Waals surface area contributed by atoms with Crippen LogP contribution < -0.4 is 10.5 Å². The van der Waals surface area contributed by atoms with Crippen molar-refractivity contribution >= 4 is 10.0 Å².